The van der Waals surface area contributed by atoms with Crippen LogP contribution in [0.1, 0.15) is 45.2 Å². The van der Waals surface area contributed by atoms with E-state index in [9.17, 15) is 0 Å². The van der Waals surface area contributed by atoms with Crippen molar-refractivity contribution in [3.8, 4) is 5.88 Å². The van der Waals surface area contributed by atoms with Crippen LogP contribution in [0.2, 0.25) is 0 Å². The van der Waals surface area contributed by atoms with Crippen LogP contribution in [0.25, 0.3) is 0 Å². The second kappa shape index (κ2) is 7.43. The fraction of sp³-hybridized carbons (Fsp3) is 0.733. The Morgan fingerprint density at radius 3 is 2.74 bits per heavy atom. The maximum atomic E-state index is 5.62. The second-order valence-electron chi connectivity index (χ2n) is 5.80. The molecule has 0 unspecified atom stereocenters. The van der Waals surface area contributed by atoms with Gasteiger partial charge in [-0.15, -0.1) is 0 Å². The van der Waals surface area contributed by atoms with Crippen LogP contribution in [-0.4, -0.2) is 23.1 Å². The predicted molar refractivity (Wildman–Crippen MR) is 76.0 cm³/mol. The number of nitrogens with zero attached hydrogens (tertiary/aromatic N) is 2. The quantitative estimate of drug-likeness (QED) is 0.783. The highest BCUT2D eigenvalue weighted by Gasteiger charge is 2.16. The van der Waals surface area contributed by atoms with Crippen LogP contribution < -0.4 is 10.1 Å². The van der Waals surface area contributed by atoms with Gasteiger partial charge in [0.05, 0.1) is 24.7 Å². The summed E-state index contributed by atoms with van der Waals surface area (Å²) in [5.41, 5.74) is 0.965. The number of hydrogen-bond donors (Lipinski definition) is 1. The van der Waals surface area contributed by atoms with Gasteiger partial charge in [-0.25, -0.2) is 4.98 Å². The highest BCUT2D eigenvalue weighted by atomic mass is 16.5. The zero-order chi connectivity index (χ0) is 13.5. The Kier molecular flexibility index (Phi) is 5.58. The number of aromatic nitrogens is 2. The number of nitrogens with one attached hydrogen (secondary N) is 1. The van der Waals surface area contributed by atoms with Crippen molar-refractivity contribution in [2.24, 2.45) is 11.8 Å². The van der Waals surface area contributed by atoms with Gasteiger partial charge in [-0.05, 0) is 24.8 Å². The molecule has 106 valence electrons. The second-order valence-corrected chi connectivity index (χ2v) is 5.80. The van der Waals surface area contributed by atoms with Crippen LogP contribution in [0.4, 0.5) is 0 Å². The number of ether oxygens (including phenoxy) is 1. The van der Waals surface area contributed by atoms with E-state index < -0.39 is 0 Å². The van der Waals surface area contributed by atoms with E-state index in [0.29, 0.717) is 11.8 Å². The first kappa shape index (κ1) is 14.3. The molecular weight excluding hydrogens is 238 g/mol. The van der Waals surface area contributed by atoms with Gasteiger partial charge in [0.15, 0.2) is 0 Å². The van der Waals surface area contributed by atoms with Gasteiger partial charge in [-0.1, -0.05) is 33.1 Å². The van der Waals surface area contributed by atoms with Crippen molar-refractivity contribution >= 4 is 0 Å². The summed E-state index contributed by atoms with van der Waals surface area (Å²) in [5, 5.41) is 3.35. The lowest BCUT2D eigenvalue weighted by molar-refractivity contribution is 0.216. The lowest BCUT2D eigenvalue weighted by Crippen LogP contribution is -2.19. The Hall–Kier alpha value is -1.16. The SMILES string of the molecule is CC(C)CNCc1cnc(OCCC2CCC2)cn1. The molecule has 1 aromatic heterocycles. The third kappa shape index (κ3) is 5.15. The van der Waals surface area contributed by atoms with Gasteiger partial charge in [0.2, 0.25) is 5.88 Å². The van der Waals surface area contributed by atoms with Crippen LogP contribution >= 0.6 is 0 Å². The molecule has 2 rings (SSSR count). The van der Waals surface area contributed by atoms with E-state index in [1.54, 1.807) is 12.4 Å². The average Bonchev–Trinajstić information content (AvgIpc) is 2.34. The van der Waals surface area contributed by atoms with Crippen molar-refractivity contribution in [2.75, 3.05) is 13.2 Å². The number of rotatable bonds is 8. The van der Waals surface area contributed by atoms with Crippen LogP contribution in [-0.2, 0) is 6.54 Å². The standard InChI is InChI=1S/C15H25N3O/c1-12(2)8-16-9-14-10-18-15(11-17-14)19-7-6-13-4-3-5-13/h10-13,16H,3-9H2,1-2H3. The molecule has 1 aliphatic rings. The molecule has 0 aromatic carbocycles. The summed E-state index contributed by atoms with van der Waals surface area (Å²) in [6, 6.07) is 0. The summed E-state index contributed by atoms with van der Waals surface area (Å²) in [6.45, 7) is 6.93. The summed E-state index contributed by atoms with van der Waals surface area (Å²) < 4.78 is 5.62. The fourth-order valence-electron chi connectivity index (χ4n) is 2.11. The molecule has 1 heterocycles. The van der Waals surface area contributed by atoms with Gasteiger partial charge in [0.25, 0.3) is 0 Å². The van der Waals surface area contributed by atoms with Gasteiger partial charge in [-0.2, -0.15) is 0 Å². The molecule has 1 aromatic rings. The molecule has 0 atom stereocenters. The summed E-state index contributed by atoms with van der Waals surface area (Å²) in [4.78, 5) is 8.65. The predicted octanol–water partition coefficient (Wildman–Crippen LogP) is 2.79. The maximum Gasteiger partial charge on any atom is 0.232 e. The Morgan fingerprint density at radius 1 is 1.32 bits per heavy atom. The first-order chi connectivity index (χ1) is 9.24. The molecule has 0 aliphatic heterocycles. The van der Waals surface area contributed by atoms with Gasteiger partial charge in [-0.3, -0.25) is 4.98 Å². The Morgan fingerprint density at radius 2 is 2.16 bits per heavy atom. The lowest BCUT2D eigenvalue weighted by Gasteiger charge is -2.24. The van der Waals surface area contributed by atoms with Crippen LogP contribution in [0, 0.1) is 11.8 Å². The van der Waals surface area contributed by atoms with E-state index in [-0.39, 0.29) is 0 Å². The molecule has 0 spiro atoms. The minimum absolute atomic E-state index is 0.645. The van der Waals surface area contributed by atoms with Crippen LogP contribution in [0.15, 0.2) is 12.4 Å². The van der Waals surface area contributed by atoms with Gasteiger partial charge >= 0.3 is 0 Å². The minimum atomic E-state index is 0.645. The first-order valence-corrected chi connectivity index (χ1v) is 7.38. The van der Waals surface area contributed by atoms with Crippen LogP contribution in [0.5, 0.6) is 5.88 Å². The van der Waals surface area contributed by atoms with Crippen molar-refractivity contribution in [3.05, 3.63) is 18.1 Å². The summed E-state index contributed by atoms with van der Waals surface area (Å²) in [5.74, 6) is 2.18. The van der Waals surface area contributed by atoms with E-state index in [2.05, 4.69) is 29.1 Å². The van der Waals surface area contributed by atoms with E-state index >= 15 is 0 Å². The molecule has 4 heteroatoms. The Bertz CT molecular complexity index is 360. The Balaban J connectivity index is 1.65. The summed E-state index contributed by atoms with van der Waals surface area (Å²) in [7, 11) is 0. The molecule has 0 saturated heterocycles. The molecular formula is C15H25N3O. The molecule has 0 amide bonds. The zero-order valence-corrected chi connectivity index (χ0v) is 12.1. The topological polar surface area (TPSA) is 47.0 Å². The van der Waals surface area contributed by atoms with Crippen molar-refractivity contribution in [1.82, 2.24) is 15.3 Å². The lowest BCUT2D eigenvalue weighted by atomic mass is 9.83. The first-order valence-electron chi connectivity index (χ1n) is 7.38. The molecule has 19 heavy (non-hydrogen) atoms. The molecule has 0 radical (unpaired) electrons. The van der Waals surface area contributed by atoms with E-state index in [0.717, 1.165) is 37.7 Å². The van der Waals surface area contributed by atoms with Crippen LogP contribution in [0.3, 0.4) is 0 Å². The third-order valence-corrected chi connectivity index (χ3v) is 3.54. The zero-order valence-electron chi connectivity index (χ0n) is 12.1. The van der Waals surface area contributed by atoms with Crippen molar-refractivity contribution in [3.63, 3.8) is 0 Å². The van der Waals surface area contributed by atoms with Gasteiger partial charge in [0, 0.05) is 6.54 Å². The van der Waals surface area contributed by atoms with Crippen molar-refractivity contribution in [1.29, 1.82) is 0 Å². The fourth-order valence-corrected chi connectivity index (χ4v) is 2.11. The average molecular weight is 263 g/mol. The maximum absolute atomic E-state index is 5.62. The molecule has 1 saturated carbocycles. The number of hydrogen-bond acceptors (Lipinski definition) is 4. The summed E-state index contributed by atoms with van der Waals surface area (Å²) >= 11 is 0. The summed E-state index contributed by atoms with van der Waals surface area (Å²) in [6.07, 6.45) is 8.81. The van der Waals surface area contributed by atoms with Gasteiger partial charge in [0.1, 0.15) is 0 Å². The van der Waals surface area contributed by atoms with E-state index in [1.165, 1.54) is 19.3 Å². The van der Waals surface area contributed by atoms with E-state index in [1.807, 2.05) is 0 Å². The highest BCUT2D eigenvalue weighted by Crippen LogP contribution is 2.29. The minimum Gasteiger partial charge on any atom is -0.477 e. The van der Waals surface area contributed by atoms with Crippen molar-refractivity contribution < 1.29 is 4.74 Å². The molecule has 1 aliphatic carbocycles. The molecule has 1 fully saturated rings. The van der Waals surface area contributed by atoms with E-state index in [4.69, 9.17) is 4.74 Å². The molecule has 0 bridgehead atoms. The molecule has 1 N–H and O–H groups in total. The Labute approximate surface area is 116 Å². The van der Waals surface area contributed by atoms with Crippen molar-refractivity contribution in [2.45, 2.75) is 46.1 Å². The normalized spacial score (nSPS) is 15.5. The highest BCUT2D eigenvalue weighted by molar-refractivity contribution is 5.07. The molecule has 4 nitrogen and oxygen atoms in total. The largest absolute Gasteiger partial charge is 0.477 e. The monoisotopic (exact) mass is 263 g/mol. The smallest absolute Gasteiger partial charge is 0.232 e. The third-order valence-electron chi connectivity index (χ3n) is 3.54. The van der Waals surface area contributed by atoms with Gasteiger partial charge < -0.3 is 10.1 Å².